The maximum atomic E-state index is 10.7. The Morgan fingerprint density at radius 2 is 1.93 bits per heavy atom. The Bertz CT molecular complexity index is 340. The quantitative estimate of drug-likeness (QED) is 0.724. The van der Waals surface area contributed by atoms with Gasteiger partial charge in [-0.05, 0) is 19.8 Å². The second kappa shape index (κ2) is 4.75. The molecule has 0 unspecified atom stereocenters. The van der Waals surface area contributed by atoms with Crippen molar-refractivity contribution in [3.63, 3.8) is 0 Å². The molecule has 15 heavy (non-hydrogen) atoms. The minimum absolute atomic E-state index is 0.772. The van der Waals surface area contributed by atoms with Crippen LogP contribution < -0.4 is 4.90 Å². The number of anilines is 1. The summed E-state index contributed by atoms with van der Waals surface area (Å²) in [4.78, 5) is 18.3. The molecule has 0 saturated carbocycles. The predicted molar refractivity (Wildman–Crippen MR) is 62.9 cm³/mol. The van der Waals surface area contributed by atoms with E-state index in [4.69, 9.17) is 0 Å². The summed E-state index contributed by atoms with van der Waals surface area (Å²) in [6, 6.07) is 0. The van der Waals surface area contributed by atoms with E-state index < -0.39 is 0 Å². The molecule has 1 saturated heterocycles. The lowest BCUT2D eigenvalue weighted by Crippen LogP contribution is -2.23. The van der Waals surface area contributed by atoms with Crippen LogP contribution in [0.2, 0.25) is 0 Å². The fraction of sp³-hybridized carbons (Fsp3) is 0.636. The number of aryl methyl sites for hydroxylation is 1. The number of aldehydes is 1. The standard InChI is InChI=1S/C11H16N2OS/c1-9-10(8-14)15-11(12-9)13-6-4-2-3-5-7-13/h8H,2-7H2,1H3. The molecule has 82 valence electrons. The first-order chi connectivity index (χ1) is 7.31. The van der Waals surface area contributed by atoms with E-state index in [9.17, 15) is 4.79 Å². The molecular formula is C11H16N2OS. The van der Waals surface area contributed by atoms with Gasteiger partial charge >= 0.3 is 0 Å². The Morgan fingerprint density at radius 3 is 2.47 bits per heavy atom. The van der Waals surface area contributed by atoms with Gasteiger partial charge in [-0.3, -0.25) is 4.79 Å². The molecule has 1 fully saturated rings. The first-order valence-electron chi connectivity index (χ1n) is 5.49. The second-order valence-corrected chi connectivity index (χ2v) is 4.97. The second-order valence-electron chi connectivity index (χ2n) is 3.97. The van der Waals surface area contributed by atoms with E-state index in [0.29, 0.717) is 0 Å². The molecule has 1 aliphatic heterocycles. The highest BCUT2D eigenvalue weighted by atomic mass is 32.1. The number of hydrogen-bond acceptors (Lipinski definition) is 4. The monoisotopic (exact) mass is 224 g/mol. The third-order valence-electron chi connectivity index (χ3n) is 2.80. The van der Waals surface area contributed by atoms with Crippen LogP contribution in [-0.2, 0) is 0 Å². The van der Waals surface area contributed by atoms with Gasteiger partial charge in [0.05, 0.1) is 10.6 Å². The number of carbonyl (C=O) groups excluding carboxylic acids is 1. The number of rotatable bonds is 2. The van der Waals surface area contributed by atoms with Crippen LogP contribution in [0.1, 0.15) is 41.0 Å². The SMILES string of the molecule is Cc1nc(N2CCCCCC2)sc1C=O. The molecule has 0 spiro atoms. The molecule has 0 N–H and O–H groups in total. The van der Waals surface area contributed by atoms with Gasteiger partial charge in [-0.15, -0.1) is 0 Å². The van der Waals surface area contributed by atoms with E-state index in [1.807, 2.05) is 6.92 Å². The minimum atomic E-state index is 0.772. The van der Waals surface area contributed by atoms with Gasteiger partial charge in [0.2, 0.25) is 0 Å². The van der Waals surface area contributed by atoms with Crippen molar-refractivity contribution >= 4 is 22.8 Å². The molecule has 1 aromatic heterocycles. The van der Waals surface area contributed by atoms with Crippen LogP contribution in [-0.4, -0.2) is 24.4 Å². The maximum absolute atomic E-state index is 10.7. The molecule has 0 aromatic carbocycles. The topological polar surface area (TPSA) is 33.2 Å². The van der Waals surface area contributed by atoms with Gasteiger partial charge in [-0.25, -0.2) is 4.98 Å². The fourth-order valence-corrected chi connectivity index (χ4v) is 2.83. The number of carbonyl (C=O) groups is 1. The van der Waals surface area contributed by atoms with Crippen LogP contribution in [0.3, 0.4) is 0 Å². The third-order valence-corrected chi connectivity index (χ3v) is 3.95. The van der Waals surface area contributed by atoms with Crippen molar-refractivity contribution in [2.24, 2.45) is 0 Å². The molecule has 0 radical (unpaired) electrons. The normalized spacial score (nSPS) is 17.5. The van der Waals surface area contributed by atoms with Gasteiger partial charge in [0.1, 0.15) is 0 Å². The van der Waals surface area contributed by atoms with Crippen molar-refractivity contribution in [3.8, 4) is 0 Å². The van der Waals surface area contributed by atoms with E-state index in [-0.39, 0.29) is 0 Å². The molecule has 0 aliphatic carbocycles. The van der Waals surface area contributed by atoms with E-state index >= 15 is 0 Å². The van der Waals surface area contributed by atoms with Gasteiger partial charge < -0.3 is 4.90 Å². The van der Waals surface area contributed by atoms with Gasteiger partial charge in [0.15, 0.2) is 11.4 Å². The zero-order valence-electron chi connectivity index (χ0n) is 9.03. The van der Waals surface area contributed by atoms with Crippen LogP contribution >= 0.6 is 11.3 Å². The van der Waals surface area contributed by atoms with E-state index in [0.717, 1.165) is 35.1 Å². The molecule has 2 heterocycles. The summed E-state index contributed by atoms with van der Waals surface area (Å²) in [5.74, 6) is 0. The Labute approximate surface area is 94.1 Å². The van der Waals surface area contributed by atoms with Crippen molar-refractivity contribution < 1.29 is 4.79 Å². The van der Waals surface area contributed by atoms with Gasteiger partial charge in [-0.2, -0.15) is 0 Å². The van der Waals surface area contributed by atoms with Crippen molar-refractivity contribution in [3.05, 3.63) is 10.6 Å². The zero-order valence-corrected chi connectivity index (χ0v) is 9.85. The highest BCUT2D eigenvalue weighted by Gasteiger charge is 2.15. The number of aromatic nitrogens is 1. The molecule has 1 aliphatic rings. The summed E-state index contributed by atoms with van der Waals surface area (Å²) in [6.07, 6.45) is 6.04. The smallest absolute Gasteiger partial charge is 0.186 e. The van der Waals surface area contributed by atoms with Gasteiger partial charge in [0, 0.05) is 13.1 Å². The van der Waals surface area contributed by atoms with Gasteiger partial charge in [-0.1, -0.05) is 24.2 Å². The molecular weight excluding hydrogens is 208 g/mol. The predicted octanol–water partition coefficient (Wildman–Crippen LogP) is 2.64. The Morgan fingerprint density at radius 1 is 1.27 bits per heavy atom. The zero-order chi connectivity index (χ0) is 10.7. The molecule has 0 bridgehead atoms. The molecule has 2 rings (SSSR count). The molecule has 4 heteroatoms. The van der Waals surface area contributed by atoms with Crippen molar-refractivity contribution in [2.75, 3.05) is 18.0 Å². The lowest BCUT2D eigenvalue weighted by molar-refractivity contribution is 0.112. The summed E-state index contributed by atoms with van der Waals surface area (Å²) in [6.45, 7) is 4.08. The summed E-state index contributed by atoms with van der Waals surface area (Å²) >= 11 is 1.52. The molecule has 0 amide bonds. The first-order valence-corrected chi connectivity index (χ1v) is 6.30. The van der Waals surface area contributed by atoms with Gasteiger partial charge in [0.25, 0.3) is 0 Å². The molecule has 0 atom stereocenters. The number of hydrogen-bond donors (Lipinski definition) is 0. The fourth-order valence-electron chi connectivity index (χ4n) is 1.90. The number of thiazole rings is 1. The van der Waals surface area contributed by atoms with E-state index in [2.05, 4.69) is 9.88 Å². The van der Waals surface area contributed by atoms with Crippen LogP contribution in [0.25, 0.3) is 0 Å². The first kappa shape index (κ1) is 10.6. The molecule has 3 nitrogen and oxygen atoms in total. The van der Waals surface area contributed by atoms with Crippen molar-refractivity contribution in [1.82, 2.24) is 4.98 Å². The lowest BCUT2D eigenvalue weighted by Gasteiger charge is -2.18. The Balaban J connectivity index is 2.16. The van der Waals surface area contributed by atoms with Crippen molar-refractivity contribution in [2.45, 2.75) is 32.6 Å². The Hall–Kier alpha value is -0.900. The van der Waals surface area contributed by atoms with Crippen LogP contribution in [0.5, 0.6) is 0 Å². The molecule has 1 aromatic rings. The summed E-state index contributed by atoms with van der Waals surface area (Å²) in [5.41, 5.74) is 0.870. The largest absolute Gasteiger partial charge is 0.348 e. The lowest BCUT2D eigenvalue weighted by atomic mass is 10.2. The third kappa shape index (κ3) is 2.37. The van der Waals surface area contributed by atoms with E-state index in [1.54, 1.807) is 0 Å². The van der Waals surface area contributed by atoms with Crippen LogP contribution in [0.15, 0.2) is 0 Å². The van der Waals surface area contributed by atoms with Crippen LogP contribution in [0, 0.1) is 6.92 Å². The number of nitrogens with zero attached hydrogens (tertiary/aromatic N) is 2. The average molecular weight is 224 g/mol. The van der Waals surface area contributed by atoms with Crippen LogP contribution in [0.4, 0.5) is 5.13 Å². The minimum Gasteiger partial charge on any atom is -0.348 e. The Kier molecular flexibility index (Phi) is 3.36. The van der Waals surface area contributed by atoms with E-state index in [1.165, 1.54) is 37.0 Å². The summed E-state index contributed by atoms with van der Waals surface area (Å²) in [5, 5.41) is 1.02. The highest BCUT2D eigenvalue weighted by molar-refractivity contribution is 7.17. The highest BCUT2D eigenvalue weighted by Crippen LogP contribution is 2.26. The average Bonchev–Trinajstić information content (AvgIpc) is 2.48. The summed E-state index contributed by atoms with van der Waals surface area (Å²) in [7, 11) is 0. The van der Waals surface area contributed by atoms with Crippen molar-refractivity contribution in [1.29, 1.82) is 0 Å². The summed E-state index contributed by atoms with van der Waals surface area (Å²) < 4.78 is 0. The maximum Gasteiger partial charge on any atom is 0.186 e.